The minimum atomic E-state index is -3.75. The van der Waals surface area contributed by atoms with Crippen LogP contribution in [0.25, 0.3) is 0 Å². The van der Waals surface area contributed by atoms with E-state index in [-0.39, 0.29) is 29.5 Å². The molecule has 3 rings (SSSR count). The van der Waals surface area contributed by atoms with E-state index in [1.807, 2.05) is 30.3 Å². The van der Waals surface area contributed by atoms with Crippen molar-refractivity contribution in [3.63, 3.8) is 0 Å². The lowest BCUT2D eigenvalue weighted by Crippen LogP contribution is -2.50. The van der Waals surface area contributed by atoms with Crippen molar-refractivity contribution in [3.05, 3.63) is 59.7 Å². The van der Waals surface area contributed by atoms with Gasteiger partial charge >= 0.3 is 0 Å². The van der Waals surface area contributed by atoms with E-state index in [9.17, 15) is 18.5 Å². The van der Waals surface area contributed by atoms with Gasteiger partial charge in [0.05, 0.1) is 17.6 Å². The third kappa shape index (κ3) is 4.75. The van der Waals surface area contributed by atoms with Gasteiger partial charge in [0.25, 0.3) is 0 Å². The van der Waals surface area contributed by atoms with Gasteiger partial charge in [-0.3, -0.25) is 4.79 Å². The number of hydrogen-bond acceptors (Lipinski definition) is 5. The van der Waals surface area contributed by atoms with Gasteiger partial charge in [-0.1, -0.05) is 24.3 Å². The molecule has 1 saturated heterocycles. The van der Waals surface area contributed by atoms with Crippen LogP contribution in [-0.2, 0) is 21.2 Å². The molecule has 0 spiro atoms. The summed E-state index contributed by atoms with van der Waals surface area (Å²) >= 11 is 0. The third-order valence-electron chi connectivity index (χ3n) is 5.00. The van der Waals surface area contributed by atoms with Gasteiger partial charge in [0.15, 0.2) is 0 Å². The summed E-state index contributed by atoms with van der Waals surface area (Å²) in [6.07, 6.45) is 0.993. The first-order valence-corrected chi connectivity index (χ1v) is 10.8. The number of amides is 1. The molecule has 152 valence electrons. The molecule has 0 aromatic heterocycles. The van der Waals surface area contributed by atoms with Gasteiger partial charge in [-0.15, -0.1) is 0 Å². The summed E-state index contributed by atoms with van der Waals surface area (Å²) in [5, 5.41) is 9.18. The quantitative estimate of drug-likeness (QED) is 0.723. The van der Waals surface area contributed by atoms with Crippen molar-refractivity contribution in [2.24, 2.45) is 0 Å². The number of nitriles is 1. The second-order valence-electron chi connectivity index (χ2n) is 6.74. The van der Waals surface area contributed by atoms with Crippen LogP contribution in [0.3, 0.4) is 0 Å². The first kappa shape index (κ1) is 20.8. The van der Waals surface area contributed by atoms with Gasteiger partial charge in [-0.25, -0.2) is 8.42 Å². The molecule has 29 heavy (non-hydrogen) atoms. The Labute approximate surface area is 171 Å². The number of ether oxygens (including phenoxy) is 1. The number of carbonyl (C=O) groups excluding carboxylic acids is 1. The Balaban J connectivity index is 1.56. The molecule has 1 amide bonds. The molecular weight excluding hydrogens is 390 g/mol. The van der Waals surface area contributed by atoms with E-state index in [1.165, 1.54) is 16.4 Å². The van der Waals surface area contributed by atoms with Gasteiger partial charge in [-0.2, -0.15) is 9.57 Å². The van der Waals surface area contributed by atoms with Crippen molar-refractivity contribution in [3.8, 4) is 11.8 Å². The van der Waals surface area contributed by atoms with Crippen LogP contribution in [0.15, 0.2) is 53.4 Å². The van der Waals surface area contributed by atoms with E-state index in [4.69, 9.17) is 4.74 Å². The van der Waals surface area contributed by atoms with Crippen LogP contribution in [0.1, 0.15) is 17.5 Å². The number of methoxy groups -OCH3 is 1. The second kappa shape index (κ2) is 9.07. The van der Waals surface area contributed by atoms with Crippen LogP contribution in [0, 0.1) is 11.3 Å². The van der Waals surface area contributed by atoms with Gasteiger partial charge in [0.2, 0.25) is 15.9 Å². The maximum Gasteiger partial charge on any atom is 0.244 e. The lowest BCUT2D eigenvalue weighted by atomic mass is 10.1. The number of hydrogen-bond donors (Lipinski definition) is 0. The number of aryl methyl sites for hydroxylation is 1. The average Bonchev–Trinajstić information content (AvgIpc) is 2.77. The number of benzene rings is 2. The highest BCUT2D eigenvalue weighted by atomic mass is 32.2. The van der Waals surface area contributed by atoms with E-state index >= 15 is 0 Å². The molecule has 0 bridgehead atoms. The molecule has 8 heteroatoms. The van der Waals surface area contributed by atoms with Crippen molar-refractivity contribution >= 4 is 15.9 Å². The molecule has 0 N–H and O–H groups in total. The zero-order valence-electron chi connectivity index (χ0n) is 16.2. The van der Waals surface area contributed by atoms with Gasteiger partial charge in [0.1, 0.15) is 11.8 Å². The van der Waals surface area contributed by atoms with Crippen molar-refractivity contribution in [1.29, 1.82) is 5.26 Å². The Morgan fingerprint density at radius 3 is 2.34 bits per heavy atom. The predicted molar refractivity (Wildman–Crippen MR) is 108 cm³/mol. The molecule has 2 aromatic rings. The van der Waals surface area contributed by atoms with Gasteiger partial charge in [-0.05, 0) is 36.2 Å². The SMILES string of the molecule is COc1ccc(CCC(=O)N2CCN(S(=O)(=O)c3ccccc3C#N)CC2)cc1. The Bertz CT molecular complexity index is 1000. The molecule has 0 saturated carbocycles. The summed E-state index contributed by atoms with van der Waals surface area (Å²) < 4.78 is 32.2. The summed E-state index contributed by atoms with van der Waals surface area (Å²) in [7, 11) is -2.15. The smallest absolute Gasteiger partial charge is 0.244 e. The zero-order chi connectivity index (χ0) is 20.9. The fourth-order valence-electron chi connectivity index (χ4n) is 3.30. The predicted octanol–water partition coefficient (Wildman–Crippen LogP) is 2.03. The van der Waals surface area contributed by atoms with E-state index in [0.717, 1.165) is 11.3 Å². The maximum absolute atomic E-state index is 12.9. The highest BCUT2D eigenvalue weighted by molar-refractivity contribution is 7.89. The Hall–Kier alpha value is -2.89. The highest BCUT2D eigenvalue weighted by Crippen LogP contribution is 2.21. The summed E-state index contributed by atoms with van der Waals surface area (Å²) in [6, 6.07) is 15.7. The number of sulfonamides is 1. The Kier molecular flexibility index (Phi) is 6.52. The van der Waals surface area contributed by atoms with E-state index in [0.29, 0.717) is 25.9 Å². The summed E-state index contributed by atoms with van der Waals surface area (Å²) in [5.41, 5.74) is 1.18. The molecular formula is C21H23N3O4S. The fraction of sp³-hybridized carbons (Fsp3) is 0.333. The lowest BCUT2D eigenvalue weighted by Gasteiger charge is -2.34. The van der Waals surface area contributed by atoms with Crippen molar-refractivity contribution in [2.75, 3.05) is 33.3 Å². The van der Waals surface area contributed by atoms with Gasteiger partial charge < -0.3 is 9.64 Å². The molecule has 0 atom stereocenters. The summed E-state index contributed by atoms with van der Waals surface area (Å²) in [4.78, 5) is 14.2. The van der Waals surface area contributed by atoms with Crippen molar-refractivity contribution < 1.29 is 17.9 Å². The molecule has 0 aliphatic carbocycles. The Morgan fingerprint density at radius 2 is 1.72 bits per heavy atom. The normalized spacial score (nSPS) is 15.0. The minimum absolute atomic E-state index is 0.00953. The highest BCUT2D eigenvalue weighted by Gasteiger charge is 2.31. The first-order valence-electron chi connectivity index (χ1n) is 9.35. The minimum Gasteiger partial charge on any atom is -0.497 e. The molecule has 1 fully saturated rings. The monoisotopic (exact) mass is 413 g/mol. The molecule has 0 unspecified atom stereocenters. The van der Waals surface area contributed by atoms with E-state index < -0.39 is 10.0 Å². The van der Waals surface area contributed by atoms with Crippen LogP contribution >= 0.6 is 0 Å². The number of piperazine rings is 1. The molecule has 1 aliphatic rings. The summed E-state index contributed by atoms with van der Waals surface area (Å²) in [5.74, 6) is 0.783. The van der Waals surface area contributed by atoms with Crippen molar-refractivity contribution in [1.82, 2.24) is 9.21 Å². The molecule has 7 nitrogen and oxygen atoms in total. The van der Waals surface area contributed by atoms with Crippen LogP contribution in [0.2, 0.25) is 0 Å². The van der Waals surface area contributed by atoms with Crippen molar-refractivity contribution in [2.45, 2.75) is 17.7 Å². The van der Waals surface area contributed by atoms with Crippen LogP contribution in [-0.4, -0.2) is 56.8 Å². The van der Waals surface area contributed by atoms with Crippen LogP contribution in [0.5, 0.6) is 5.75 Å². The van der Waals surface area contributed by atoms with Crippen LogP contribution in [0.4, 0.5) is 0 Å². The first-order chi connectivity index (χ1) is 14.0. The molecule has 2 aromatic carbocycles. The summed E-state index contributed by atoms with van der Waals surface area (Å²) in [6.45, 7) is 1.12. The standard InChI is InChI=1S/C21H23N3O4S/c1-28-19-9-6-17(7-10-19)8-11-21(25)23-12-14-24(15-13-23)29(26,27)20-5-3-2-4-18(20)16-22/h2-7,9-10H,8,11-15H2,1H3. The second-order valence-corrected chi connectivity index (χ2v) is 8.65. The number of nitrogens with zero attached hydrogens (tertiary/aromatic N) is 3. The Morgan fingerprint density at radius 1 is 1.07 bits per heavy atom. The molecule has 1 heterocycles. The topological polar surface area (TPSA) is 90.7 Å². The number of carbonyl (C=O) groups is 1. The van der Waals surface area contributed by atoms with Gasteiger partial charge in [0, 0.05) is 32.6 Å². The number of rotatable bonds is 6. The molecule has 1 aliphatic heterocycles. The molecule has 0 radical (unpaired) electrons. The lowest BCUT2D eigenvalue weighted by molar-refractivity contribution is -0.132. The third-order valence-corrected chi connectivity index (χ3v) is 6.96. The average molecular weight is 413 g/mol. The maximum atomic E-state index is 12.9. The fourth-order valence-corrected chi connectivity index (χ4v) is 4.87. The largest absolute Gasteiger partial charge is 0.497 e. The van der Waals surface area contributed by atoms with Crippen LogP contribution < -0.4 is 4.74 Å². The zero-order valence-corrected chi connectivity index (χ0v) is 17.1. The van der Waals surface area contributed by atoms with E-state index in [2.05, 4.69) is 0 Å². The van der Waals surface area contributed by atoms with E-state index in [1.54, 1.807) is 24.1 Å².